The molecule has 0 bridgehead atoms. The number of hydrogen-bond acceptors (Lipinski definition) is 3. The molecule has 1 unspecified atom stereocenters. The molecule has 0 radical (unpaired) electrons. The molecule has 1 atom stereocenters. The number of carbonyl (C=O) groups is 1. The van der Waals surface area contributed by atoms with Crippen LogP contribution in [0.5, 0.6) is 11.5 Å². The van der Waals surface area contributed by atoms with Gasteiger partial charge in [0.2, 0.25) is 5.91 Å². The summed E-state index contributed by atoms with van der Waals surface area (Å²) in [5.41, 5.74) is 4.01. The molecule has 0 aliphatic carbocycles. The summed E-state index contributed by atoms with van der Waals surface area (Å²) in [7, 11) is 3.31. The van der Waals surface area contributed by atoms with Crippen LogP contribution in [0.2, 0.25) is 0 Å². The van der Waals surface area contributed by atoms with Crippen molar-refractivity contribution in [1.82, 2.24) is 0 Å². The summed E-state index contributed by atoms with van der Waals surface area (Å²) < 4.78 is 11.0. The second-order valence-corrected chi connectivity index (χ2v) is 6.61. The van der Waals surface area contributed by atoms with Crippen molar-refractivity contribution in [2.24, 2.45) is 0 Å². The molecule has 4 heteroatoms. The smallest absolute Gasteiger partial charge is 0.225 e. The molecule has 0 spiro atoms. The van der Waals surface area contributed by atoms with Crippen LogP contribution in [0, 0.1) is 6.92 Å². The van der Waals surface area contributed by atoms with Crippen LogP contribution in [-0.4, -0.2) is 20.1 Å². The van der Waals surface area contributed by atoms with Gasteiger partial charge in [0.1, 0.15) is 11.5 Å². The standard InChI is InChI=1S/C22H21NO3/c1-13-19(25-2)10-15(11-20(13)26-3)18-12-21(24)23-22-16-7-5-4-6-14(16)8-9-17(18)22/h4-11,18H,12H2,1-3H3,(H,23,24). The van der Waals surface area contributed by atoms with E-state index in [0.717, 1.165) is 44.6 Å². The van der Waals surface area contributed by atoms with E-state index in [1.165, 1.54) is 0 Å². The Morgan fingerprint density at radius 3 is 2.38 bits per heavy atom. The zero-order valence-corrected chi connectivity index (χ0v) is 15.1. The summed E-state index contributed by atoms with van der Waals surface area (Å²) in [6.45, 7) is 1.97. The Labute approximate surface area is 152 Å². The normalized spacial score (nSPS) is 16.1. The summed E-state index contributed by atoms with van der Waals surface area (Å²) in [6.07, 6.45) is 0.403. The van der Waals surface area contributed by atoms with Gasteiger partial charge in [-0.25, -0.2) is 0 Å². The molecule has 3 aromatic carbocycles. The third-order valence-corrected chi connectivity index (χ3v) is 5.17. The SMILES string of the molecule is COc1cc(C2CC(=O)Nc3c2ccc2ccccc32)cc(OC)c1C. The van der Waals surface area contributed by atoms with Crippen molar-refractivity contribution in [2.75, 3.05) is 19.5 Å². The summed E-state index contributed by atoms with van der Waals surface area (Å²) in [6, 6.07) is 16.4. The van der Waals surface area contributed by atoms with E-state index in [4.69, 9.17) is 9.47 Å². The molecule has 0 aromatic heterocycles. The third kappa shape index (κ3) is 2.58. The van der Waals surface area contributed by atoms with E-state index in [0.29, 0.717) is 6.42 Å². The Morgan fingerprint density at radius 1 is 1.00 bits per heavy atom. The summed E-state index contributed by atoms with van der Waals surface area (Å²) in [5, 5.41) is 5.25. The maximum absolute atomic E-state index is 12.5. The summed E-state index contributed by atoms with van der Waals surface area (Å²) in [5.74, 6) is 1.53. The van der Waals surface area contributed by atoms with Gasteiger partial charge in [-0.1, -0.05) is 36.4 Å². The van der Waals surface area contributed by atoms with Gasteiger partial charge in [-0.2, -0.15) is 0 Å². The molecular formula is C22H21NO3. The zero-order chi connectivity index (χ0) is 18.3. The fourth-order valence-electron chi connectivity index (χ4n) is 3.81. The van der Waals surface area contributed by atoms with Crippen LogP contribution >= 0.6 is 0 Å². The van der Waals surface area contributed by atoms with Gasteiger partial charge in [-0.15, -0.1) is 0 Å². The number of anilines is 1. The minimum Gasteiger partial charge on any atom is -0.496 e. The third-order valence-electron chi connectivity index (χ3n) is 5.17. The number of carbonyl (C=O) groups excluding carboxylic acids is 1. The van der Waals surface area contributed by atoms with Crippen molar-refractivity contribution in [1.29, 1.82) is 0 Å². The van der Waals surface area contributed by atoms with Gasteiger partial charge in [-0.3, -0.25) is 4.79 Å². The predicted octanol–water partition coefficient (Wildman–Crippen LogP) is 4.64. The average molecular weight is 347 g/mol. The Hall–Kier alpha value is -3.01. The molecule has 0 fully saturated rings. The molecule has 0 saturated heterocycles. The first-order valence-corrected chi connectivity index (χ1v) is 8.66. The predicted molar refractivity (Wildman–Crippen MR) is 103 cm³/mol. The second-order valence-electron chi connectivity index (χ2n) is 6.61. The summed E-state index contributed by atoms with van der Waals surface area (Å²) in [4.78, 5) is 12.5. The molecule has 132 valence electrons. The van der Waals surface area contributed by atoms with Crippen molar-refractivity contribution in [3.63, 3.8) is 0 Å². The molecule has 0 saturated carbocycles. The van der Waals surface area contributed by atoms with E-state index in [2.05, 4.69) is 23.5 Å². The van der Waals surface area contributed by atoms with Crippen molar-refractivity contribution in [2.45, 2.75) is 19.3 Å². The largest absolute Gasteiger partial charge is 0.496 e. The maximum Gasteiger partial charge on any atom is 0.225 e. The highest BCUT2D eigenvalue weighted by Crippen LogP contribution is 2.43. The molecule has 1 aliphatic heterocycles. The number of nitrogens with one attached hydrogen (secondary N) is 1. The van der Waals surface area contributed by atoms with Crippen LogP contribution in [0.15, 0.2) is 48.5 Å². The van der Waals surface area contributed by atoms with E-state index in [9.17, 15) is 4.79 Å². The lowest BCUT2D eigenvalue weighted by Crippen LogP contribution is -2.23. The van der Waals surface area contributed by atoms with Gasteiger partial charge < -0.3 is 14.8 Å². The fraction of sp³-hybridized carbons (Fsp3) is 0.227. The Bertz CT molecular complexity index is 984. The average Bonchev–Trinajstić information content (AvgIpc) is 2.67. The van der Waals surface area contributed by atoms with Gasteiger partial charge in [0.05, 0.1) is 19.9 Å². The van der Waals surface area contributed by atoms with Crippen LogP contribution in [-0.2, 0) is 4.79 Å². The first-order valence-electron chi connectivity index (χ1n) is 8.66. The molecule has 1 aliphatic rings. The number of benzene rings is 3. The Balaban J connectivity index is 1.92. The molecule has 4 rings (SSSR count). The van der Waals surface area contributed by atoms with Crippen LogP contribution in [0.25, 0.3) is 10.8 Å². The quantitative estimate of drug-likeness (QED) is 0.751. The maximum atomic E-state index is 12.5. The number of hydrogen-bond donors (Lipinski definition) is 1. The highest BCUT2D eigenvalue weighted by molar-refractivity contribution is 6.06. The molecular weight excluding hydrogens is 326 g/mol. The first-order chi connectivity index (χ1) is 12.6. The lowest BCUT2D eigenvalue weighted by molar-refractivity contribution is -0.116. The van der Waals surface area contributed by atoms with E-state index in [1.54, 1.807) is 14.2 Å². The fourth-order valence-corrected chi connectivity index (χ4v) is 3.81. The highest BCUT2D eigenvalue weighted by Gasteiger charge is 2.29. The molecule has 1 amide bonds. The molecule has 3 aromatic rings. The molecule has 1 N–H and O–H groups in total. The van der Waals surface area contributed by atoms with Crippen molar-refractivity contribution >= 4 is 22.4 Å². The van der Waals surface area contributed by atoms with Gasteiger partial charge >= 0.3 is 0 Å². The van der Waals surface area contributed by atoms with E-state index >= 15 is 0 Å². The number of fused-ring (bicyclic) bond motifs is 3. The van der Waals surface area contributed by atoms with E-state index in [1.807, 2.05) is 37.3 Å². The zero-order valence-electron chi connectivity index (χ0n) is 15.1. The van der Waals surface area contributed by atoms with Crippen LogP contribution in [0.1, 0.15) is 29.0 Å². The minimum absolute atomic E-state index is 0.0253. The number of amides is 1. The summed E-state index contributed by atoms with van der Waals surface area (Å²) >= 11 is 0. The molecule has 26 heavy (non-hydrogen) atoms. The van der Waals surface area contributed by atoms with Crippen molar-refractivity contribution in [3.05, 3.63) is 65.2 Å². The van der Waals surface area contributed by atoms with Crippen LogP contribution in [0.4, 0.5) is 5.69 Å². The number of rotatable bonds is 3. The first kappa shape index (κ1) is 16.5. The number of methoxy groups -OCH3 is 2. The van der Waals surface area contributed by atoms with Gasteiger partial charge in [0.25, 0.3) is 0 Å². The van der Waals surface area contributed by atoms with Crippen molar-refractivity contribution < 1.29 is 14.3 Å². The number of ether oxygens (including phenoxy) is 2. The topological polar surface area (TPSA) is 47.6 Å². The molecule has 1 heterocycles. The van der Waals surface area contributed by atoms with E-state index in [-0.39, 0.29) is 11.8 Å². The van der Waals surface area contributed by atoms with E-state index < -0.39 is 0 Å². The van der Waals surface area contributed by atoms with Crippen LogP contribution < -0.4 is 14.8 Å². The second kappa shape index (κ2) is 6.37. The lowest BCUT2D eigenvalue weighted by Gasteiger charge is -2.28. The highest BCUT2D eigenvalue weighted by atomic mass is 16.5. The Morgan fingerprint density at radius 2 is 1.69 bits per heavy atom. The lowest BCUT2D eigenvalue weighted by atomic mass is 9.83. The van der Waals surface area contributed by atoms with Gasteiger partial charge in [-0.05, 0) is 35.6 Å². The van der Waals surface area contributed by atoms with Gasteiger partial charge in [0.15, 0.2) is 0 Å². The Kier molecular flexibility index (Phi) is 4.03. The van der Waals surface area contributed by atoms with Gasteiger partial charge in [0, 0.05) is 23.3 Å². The van der Waals surface area contributed by atoms with Crippen molar-refractivity contribution in [3.8, 4) is 11.5 Å². The monoisotopic (exact) mass is 347 g/mol. The molecule has 4 nitrogen and oxygen atoms in total. The van der Waals surface area contributed by atoms with Crippen LogP contribution in [0.3, 0.4) is 0 Å². The minimum atomic E-state index is -0.0354.